The molecule has 8 heteroatoms. The third-order valence-corrected chi connectivity index (χ3v) is 7.66. The molecule has 1 saturated carbocycles. The summed E-state index contributed by atoms with van der Waals surface area (Å²) in [5.41, 5.74) is 2.38. The van der Waals surface area contributed by atoms with Gasteiger partial charge in [0.05, 0.1) is 24.3 Å². The van der Waals surface area contributed by atoms with Gasteiger partial charge in [0.1, 0.15) is 5.69 Å². The summed E-state index contributed by atoms with van der Waals surface area (Å²) >= 11 is 0. The number of aromatic nitrogens is 2. The van der Waals surface area contributed by atoms with E-state index in [0.29, 0.717) is 57.5 Å². The Morgan fingerprint density at radius 2 is 1.97 bits per heavy atom. The van der Waals surface area contributed by atoms with Crippen molar-refractivity contribution in [2.45, 2.75) is 84.8 Å². The fraction of sp³-hybridized carbons (Fsp3) is 0.800. The van der Waals surface area contributed by atoms with Gasteiger partial charge >= 0.3 is 5.97 Å². The minimum atomic E-state index is -0.309. The number of hydrogen-bond donors (Lipinski definition) is 2. The molecule has 33 heavy (non-hydrogen) atoms. The molecule has 1 saturated heterocycles. The Morgan fingerprint density at radius 3 is 2.64 bits per heavy atom. The minimum absolute atomic E-state index is 0.0116. The van der Waals surface area contributed by atoms with Gasteiger partial charge in [0.15, 0.2) is 0 Å². The molecule has 2 N–H and O–H groups in total. The van der Waals surface area contributed by atoms with E-state index in [4.69, 9.17) is 14.6 Å². The summed E-state index contributed by atoms with van der Waals surface area (Å²) in [6.07, 6.45) is 5.74. The van der Waals surface area contributed by atoms with Crippen molar-refractivity contribution in [2.75, 3.05) is 26.4 Å². The van der Waals surface area contributed by atoms with Crippen molar-refractivity contribution < 1.29 is 24.2 Å². The van der Waals surface area contributed by atoms with Crippen molar-refractivity contribution >= 4 is 11.9 Å². The summed E-state index contributed by atoms with van der Waals surface area (Å²) < 4.78 is 13.2. The fourth-order valence-corrected chi connectivity index (χ4v) is 5.51. The average molecular weight is 462 g/mol. The van der Waals surface area contributed by atoms with Gasteiger partial charge < -0.3 is 19.9 Å². The number of aliphatic hydroxyl groups excluding tert-OH is 1. The van der Waals surface area contributed by atoms with Crippen LogP contribution < -0.4 is 5.32 Å². The van der Waals surface area contributed by atoms with Crippen LogP contribution >= 0.6 is 0 Å². The maximum Gasteiger partial charge on any atom is 0.308 e. The maximum absolute atomic E-state index is 13.0. The summed E-state index contributed by atoms with van der Waals surface area (Å²) in [6.45, 7) is 9.24. The highest BCUT2D eigenvalue weighted by Gasteiger charge is 2.40. The number of nitrogens with one attached hydrogen (secondary N) is 1. The van der Waals surface area contributed by atoms with Crippen molar-refractivity contribution in [2.24, 2.45) is 16.7 Å². The van der Waals surface area contributed by atoms with Crippen LogP contribution in [-0.4, -0.2) is 59.2 Å². The van der Waals surface area contributed by atoms with Gasteiger partial charge in [-0.2, -0.15) is 5.10 Å². The van der Waals surface area contributed by atoms with Crippen LogP contribution in [-0.2, 0) is 33.7 Å². The standard InChI is InChI=1S/C25H39N3O5/c1-4-28-21-19(13-25(15-26-22(21)30)9-11-32-12-10-25)20(27-28)14-24(2,3)16-33-23(31)17-5-7-18(29)8-6-17/h17-18,29H,4-16H2,1-3H3,(H,26,30)/t17-,18-. The Bertz CT molecular complexity index is 864. The number of aliphatic hydroxyl groups is 1. The first-order chi connectivity index (χ1) is 15.7. The van der Waals surface area contributed by atoms with Crippen LogP contribution in [0.5, 0.6) is 0 Å². The van der Waals surface area contributed by atoms with Gasteiger partial charge in [-0.05, 0) is 57.3 Å². The summed E-state index contributed by atoms with van der Waals surface area (Å²) in [7, 11) is 0. The zero-order valence-corrected chi connectivity index (χ0v) is 20.3. The number of rotatable bonds is 6. The first-order valence-corrected chi connectivity index (χ1v) is 12.5. The van der Waals surface area contributed by atoms with Gasteiger partial charge in [-0.1, -0.05) is 13.8 Å². The van der Waals surface area contributed by atoms with Crippen molar-refractivity contribution in [1.82, 2.24) is 15.1 Å². The molecule has 0 aromatic carbocycles. The third kappa shape index (κ3) is 5.43. The zero-order chi connectivity index (χ0) is 23.6. The third-order valence-electron chi connectivity index (χ3n) is 7.66. The molecule has 1 amide bonds. The van der Waals surface area contributed by atoms with Crippen LogP contribution in [0.2, 0.25) is 0 Å². The molecule has 0 atom stereocenters. The first kappa shape index (κ1) is 24.2. The van der Waals surface area contributed by atoms with Crippen molar-refractivity contribution in [3.8, 4) is 0 Å². The topological polar surface area (TPSA) is 103 Å². The molecule has 2 aliphatic heterocycles. The summed E-state index contributed by atoms with van der Waals surface area (Å²) in [4.78, 5) is 25.6. The van der Waals surface area contributed by atoms with Crippen molar-refractivity contribution in [3.63, 3.8) is 0 Å². The Morgan fingerprint density at radius 1 is 1.27 bits per heavy atom. The number of hydrogen-bond acceptors (Lipinski definition) is 6. The Labute approximate surface area is 196 Å². The number of aryl methyl sites for hydroxylation is 1. The molecule has 184 valence electrons. The molecule has 0 bridgehead atoms. The summed E-state index contributed by atoms with van der Waals surface area (Å²) in [5.74, 6) is -0.317. The van der Waals surface area contributed by atoms with Gasteiger partial charge in [0.25, 0.3) is 5.91 Å². The van der Waals surface area contributed by atoms with Crippen LogP contribution in [0.4, 0.5) is 0 Å². The SMILES string of the molecule is CCn1nc(CC(C)(C)COC(=O)[C@H]2CC[C@H](O)CC2)c2c1C(=O)NCC1(CCOCC1)C2. The highest BCUT2D eigenvalue weighted by molar-refractivity contribution is 5.94. The second kappa shape index (κ2) is 9.74. The Hall–Kier alpha value is -1.93. The Balaban J connectivity index is 1.49. The van der Waals surface area contributed by atoms with Gasteiger partial charge in [-0.3, -0.25) is 14.3 Å². The van der Waals surface area contributed by atoms with Crippen molar-refractivity contribution in [1.29, 1.82) is 0 Å². The van der Waals surface area contributed by atoms with Crippen LogP contribution in [0.15, 0.2) is 0 Å². The molecular formula is C25H39N3O5. The van der Waals surface area contributed by atoms with Crippen LogP contribution in [0.3, 0.4) is 0 Å². The zero-order valence-electron chi connectivity index (χ0n) is 20.3. The normalized spacial score (nSPS) is 25.3. The molecule has 4 rings (SSSR count). The van der Waals surface area contributed by atoms with Gasteiger partial charge in [0.2, 0.25) is 0 Å². The molecule has 1 spiro atoms. The lowest BCUT2D eigenvalue weighted by Gasteiger charge is -2.36. The van der Waals surface area contributed by atoms with Gasteiger partial charge in [0, 0.05) is 43.7 Å². The minimum Gasteiger partial charge on any atom is -0.465 e. The highest BCUT2D eigenvalue weighted by atomic mass is 16.5. The van der Waals surface area contributed by atoms with E-state index in [1.165, 1.54) is 0 Å². The summed E-state index contributed by atoms with van der Waals surface area (Å²) in [6, 6.07) is 0. The van der Waals surface area contributed by atoms with E-state index in [-0.39, 0.29) is 34.7 Å². The summed E-state index contributed by atoms with van der Waals surface area (Å²) in [5, 5.41) is 17.7. The molecule has 0 radical (unpaired) electrons. The monoisotopic (exact) mass is 461 g/mol. The molecule has 3 aliphatic rings. The van der Waals surface area contributed by atoms with Crippen LogP contribution in [0, 0.1) is 16.7 Å². The number of esters is 1. The van der Waals surface area contributed by atoms with Gasteiger partial charge in [-0.15, -0.1) is 0 Å². The second-order valence-corrected chi connectivity index (χ2v) is 11.0. The number of carbonyl (C=O) groups excluding carboxylic acids is 2. The number of ether oxygens (including phenoxy) is 2. The van der Waals surface area contributed by atoms with Crippen LogP contribution in [0.25, 0.3) is 0 Å². The molecule has 0 unspecified atom stereocenters. The maximum atomic E-state index is 13.0. The molecular weight excluding hydrogens is 422 g/mol. The molecule has 1 aliphatic carbocycles. The highest BCUT2D eigenvalue weighted by Crippen LogP contribution is 2.39. The van der Waals surface area contributed by atoms with E-state index in [9.17, 15) is 14.7 Å². The second-order valence-electron chi connectivity index (χ2n) is 11.0. The van der Waals surface area contributed by atoms with Gasteiger partial charge in [-0.25, -0.2) is 0 Å². The molecule has 1 aromatic heterocycles. The van der Waals surface area contributed by atoms with E-state index in [1.807, 2.05) is 11.6 Å². The number of amides is 1. The lowest BCUT2D eigenvalue weighted by Crippen LogP contribution is -2.40. The van der Waals surface area contributed by atoms with Crippen LogP contribution in [0.1, 0.15) is 81.0 Å². The first-order valence-electron chi connectivity index (χ1n) is 12.5. The van der Waals surface area contributed by atoms with E-state index >= 15 is 0 Å². The van der Waals surface area contributed by atoms with E-state index in [0.717, 1.165) is 43.7 Å². The van der Waals surface area contributed by atoms with E-state index in [2.05, 4.69) is 19.2 Å². The number of fused-ring (bicyclic) bond motifs is 1. The predicted molar refractivity (Wildman–Crippen MR) is 123 cm³/mol. The quantitative estimate of drug-likeness (QED) is 0.632. The number of carbonyl (C=O) groups is 2. The molecule has 2 fully saturated rings. The lowest BCUT2D eigenvalue weighted by molar-refractivity contribution is -0.153. The predicted octanol–water partition coefficient (Wildman–Crippen LogP) is 2.65. The molecule has 8 nitrogen and oxygen atoms in total. The van der Waals surface area contributed by atoms with Crippen molar-refractivity contribution in [3.05, 3.63) is 17.0 Å². The fourth-order valence-electron chi connectivity index (χ4n) is 5.51. The van der Waals surface area contributed by atoms with E-state index < -0.39 is 0 Å². The van der Waals surface area contributed by atoms with E-state index in [1.54, 1.807) is 0 Å². The smallest absolute Gasteiger partial charge is 0.308 e. The largest absolute Gasteiger partial charge is 0.465 e. The molecule has 3 heterocycles. The molecule has 1 aromatic rings. The lowest BCUT2D eigenvalue weighted by atomic mass is 9.74. The number of nitrogens with zero attached hydrogens (tertiary/aromatic N) is 2. The Kier molecular flexibility index (Phi) is 7.15. The average Bonchev–Trinajstić information content (AvgIpc) is 3.05.